The first-order chi connectivity index (χ1) is 15.9. The van der Waals surface area contributed by atoms with Crippen LogP contribution in [0.15, 0.2) is 12.2 Å². The second kappa shape index (κ2) is 12.0. The van der Waals surface area contributed by atoms with Gasteiger partial charge in [-0.2, -0.15) is 0 Å². The molecule has 0 bridgehead atoms. The summed E-state index contributed by atoms with van der Waals surface area (Å²) in [5, 5.41) is 0. The molecular formula is C31H53FO. The maximum Gasteiger partial charge on any atom is 0.103 e. The van der Waals surface area contributed by atoms with Crippen LogP contribution in [0.3, 0.4) is 0 Å². The van der Waals surface area contributed by atoms with Crippen molar-refractivity contribution in [2.45, 2.75) is 123 Å². The Morgan fingerprint density at radius 2 is 1.42 bits per heavy atom. The van der Waals surface area contributed by atoms with Crippen molar-refractivity contribution in [2.75, 3.05) is 6.61 Å². The predicted molar refractivity (Wildman–Crippen MR) is 138 cm³/mol. The van der Waals surface area contributed by atoms with E-state index in [4.69, 9.17) is 4.74 Å². The fourth-order valence-corrected chi connectivity index (χ4v) is 8.17. The number of rotatable bonds is 7. The normalized spacial score (nSPS) is 46.9. The summed E-state index contributed by atoms with van der Waals surface area (Å²) >= 11 is 0. The average molecular weight is 461 g/mol. The van der Waals surface area contributed by atoms with Crippen molar-refractivity contribution >= 4 is 0 Å². The molecule has 0 amide bonds. The highest BCUT2D eigenvalue weighted by atomic mass is 19.1. The molecule has 0 saturated heterocycles. The van der Waals surface area contributed by atoms with Crippen LogP contribution in [-0.2, 0) is 4.74 Å². The molecule has 0 spiro atoms. The van der Waals surface area contributed by atoms with Gasteiger partial charge in [0.1, 0.15) is 6.17 Å². The maximum absolute atomic E-state index is 14.3. The molecule has 3 saturated carbocycles. The summed E-state index contributed by atoms with van der Waals surface area (Å²) in [6, 6.07) is 0. The summed E-state index contributed by atoms with van der Waals surface area (Å²) in [4.78, 5) is 0. The van der Waals surface area contributed by atoms with E-state index in [0.717, 1.165) is 55.0 Å². The molecule has 1 heterocycles. The smallest absolute Gasteiger partial charge is 0.103 e. The molecule has 3 aliphatic carbocycles. The van der Waals surface area contributed by atoms with Crippen LogP contribution in [0.2, 0.25) is 0 Å². The summed E-state index contributed by atoms with van der Waals surface area (Å²) < 4.78 is 20.3. The third-order valence-corrected chi connectivity index (χ3v) is 10.6. The molecule has 33 heavy (non-hydrogen) atoms. The van der Waals surface area contributed by atoms with Gasteiger partial charge in [-0.05, 0) is 111 Å². The van der Waals surface area contributed by atoms with Gasteiger partial charge >= 0.3 is 0 Å². The lowest BCUT2D eigenvalue weighted by atomic mass is 9.64. The van der Waals surface area contributed by atoms with E-state index in [9.17, 15) is 4.39 Å². The molecule has 2 heteroatoms. The average Bonchev–Trinajstić information content (AvgIpc) is 2.80. The van der Waals surface area contributed by atoms with Gasteiger partial charge in [0, 0.05) is 0 Å². The third kappa shape index (κ3) is 7.08. The first kappa shape index (κ1) is 25.7. The Hall–Kier alpha value is -0.370. The molecule has 0 aromatic rings. The molecular weight excluding hydrogens is 407 g/mol. The van der Waals surface area contributed by atoms with Gasteiger partial charge in [-0.3, -0.25) is 0 Å². The number of hydrogen-bond acceptors (Lipinski definition) is 1. The van der Waals surface area contributed by atoms with E-state index in [1.165, 1.54) is 70.6 Å². The van der Waals surface area contributed by atoms with Crippen LogP contribution in [0.1, 0.15) is 111 Å². The molecule has 11 unspecified atom stereocenters. The quantitative estimate of drug-likeness (QED) is 0.344. The summed E-state index contributed by atoms with van der Waals surface area (Å²) in [6.07, 6.45) is 21.7. The third-order valence-electron chi connectivity index (χ3n) is 10.6. The highest BCUT2D eigenvalue weighted by molar-refractivity contribution is 4.97. The van der Waals surface area contributed by atoms with Crippen LogP contribution in [-0.4, -0.2) is 18.9 Å². The molecule has 0 aromatic heterocycles. The lowest BCUT2D eigenvalue weighted by molar-refractivity contribution is 0.0442. The molecule has 4 aliphatic rings. The summed E-state index contributed by atoms with van der Waals surface area (Å²) in [5.41, 5.74) is 0. The fourth-order valence-electron chi connectivity index (χ4n) is 8.17. The van der Waals surface area contributed by atoms with Crippen molar-refractivity contribution < 1.29 is 9.13 Å². The van der Waals surface area contributed by atoms with Gasteiger partial charge in [0.15, 0.2) is 0 Å². The molecule has 0 N–H and O–H groups in total. The Bertz CT molecular complexity index is 616. The van der Waals surface area contributed by atoms with Gasteiger partial charge < -0.3 is 4.74 Å². The Kier molecular flexibility index (Phi) is 9.39. The van der Waals surface area contributed by atoms with Crippen LogP contribution in [0.25, 0.3) is 0 Å². The lowest BCUT2D eigenvalue weighted by Gasteiger charge is -2.42. The van der Waals surface area contributed by atoms with Gasteiger partial charge in [-0.15, -0.1) is 0 Å². The highest BCUT2D eigenvalue weighted by Gasteiger charge is 2.38. The zero-order chi connectivity index (χ0) is 23.4. The minimum atomic E-state index is -0.541. The van der Waals surface area contributed by atoms with Gasteiger partial charge in [0.2, 0.25) is 0 Å². The minimum absolute atomic E-state index is 0.298. The molecule has 11 atom stereocenters. The van der Waals surface area contributed by atoms with Gasteiger partial charge in [0.05, 0.1) is 12.7 Å². The van der Waals surface area contributed by atoms with Crippen LogP contribution in [0, 0.1) is 53.3 Å². The van der Waals surface area contributed by atoms with Gasteiger partial charge in [-0.25, -0.2) is 4.39 Å². The second-order valence-corrected chi connectivity index (χ2v) is 13.2. The van der Waals surface area contributed by atoms with E-state index in [-0.39, 0.29) is 0 Å². The highest BCUT2D eigenvalue weighted by Crippen LogP contribution is 2.46. The monoisotopic (exact) mass is 460 g/mol. The summed E-state index contributed by atoms with van der Waals surface area (Å²) in [6.45, 7) is 10.3. The van der Waals surface area contributed by atoms with Crippen molar-refractivity contribution in [1.82, 2.24) is 0 Å². The van der Waals surface area contributed by atoms with E-state index < -0.39 is 6.17 Å². The zero-order valence-corrected chi connectivity index (χ0v) is 22.2. The Labute approximate surface area is 204 Å². The molecule has 1 nitrogen and oxygen atoms in total. The van der Waals surface area contributed by atoms with E-state index in [2.05, 4.69) is 39.8 Å². The molecule has 0 aromatic carbocycles. The Balaban J connectivity index is 1.13. The first-order valence-electron chi connectivity index (χ1n) is 14.8. The Morgan fingerprint density at radius 1 is 0.697 bits per heavy atom. The van der Waals surface area contributed by atoms with Gasteiger partial charge in [-0.1, -0.05) is 65.5 Å². The topological polar surface area (TPSA) is 9.23 Å². The zero-order valence-electron chi connectivity index (χ0n) is 22.2. The number of hydrogen-bond donors (Lipinski definition) is 0. The molecule has 3 fully saturated rings. The standard InChI is InChI=1S/C31H53FO/c1-21-5-14-29(33-20-21)15-13-27-12-9-25(17-23(27)3)7-8-26-10-16-30(24(4)18-26)28-11-6-22(2)31(32)19-28/h5,14,21-31H,6-13,15-20H2,1-4H3. The SMILES string of the molecule is CC1C=CC(CCC2CCC(CCC3CCC(C4CCC(C)C(F)C4)C(C)C3)CC2C)OC1. The number of ether oxygens (including phenoxy) is 1. The van der Waals surface area contributed by atoms with Crippen LogP contribution < -0.4 is 0 Å². The van der Waals surface area contributed by atoms with Crippen molar-refractivity contribution in [2.24, 2.45) is 53.3 Å². The number of alkyl halides is 1. The maximum atomic E-state index is 14.3. The largest absolute Gasteiger partial charge is 0.374 e. The van der Waals surface area contributed by atoms with Crippen LogP contribution in [0.5, 0.6) is 0 Å². The molecule has 190 valence electrons. The minimum Gasteiger partial charge on any atom is -0.374 e. The van der Waals surface area contributed by atoms with Crippen molar-refractivity contribution in [3.8, 4) is 0 Å². The van der Waals surface area contributed by atoms with Crippen LogP contribution in [0.4, 0.5) is 4.39 Å². The van der Waals surface area contributed by atoms with Crippen LogP contribution >= 0.6 is 0 Å². The number of halogens is 1. The predicted octanol–water partition coefficient (Wildman–Crippen LogP) is 9.02. The van der Waals surface area contributed by atoms with Gasteiger partial charge in [0.25, 0.3) is 0 Å². The first-order valence-corrected chi connectivity index (χ1v) is 14.8. The Morgan fingerprint density at radius 3 is 2.06 bits per heavy atom. The molecule has 0 radical (unpaired) electrons. The van der Waals surface area contributed by atoms with Crippen molar-refractivity contribution in [3.63, 3.8) is 0 Å². The van der Waals surface area contributed by atoms with E-state index in [1.807, 2.05) is 0 Å². The van der Waals surface area contributed by atoms with E-state index >= 15 is 0 Å². The fraction of sp³-hybridized carbons (Fsp3) is 0.935. The lowest BCUT2D eigenvalue weighted by Crippen LogP contribution is -2.34. The molecule has 4 rings (SSSR count). The van der Waals surface area contributed by atoms with Crippen molar-refractivity contribution in [3.05, 3.63) is 12.2 Å². The molecule has 1 aliphatic heterocycles. The second-order valence-electron chi connectivity index (χ2n) is 13.2. The van der Waals surface area contributed by atoms with Crippen molar-refractivity contribution in [1.29, 1.82) is 0 Å². The summed E-state index contributed by atoms with van der Waals surface area (Å²) in [7, 11) is 0. The van der Waals surface area contributed by atoms with E-state index in [0.29, 0.717) is 23.9 Å². The van der Waals surface area contributed by atoms with E-state index in [1.54, 1.807) is 0 Å². The summed E-state index contributed by atoms with van der Waals surface area (Å²) in [5.74, 6) is 6.85.